The Balaban J connectivity index is 1.85. The van der Waals surface area contributed by atoms with Gasteiger partial charge in [0.1, 0.15) is 0 Å². The predicted octanol–water partition coefficient (Wildman–Crippen LogP) is 3.80. The fourth-order valence-electron chi connectivity index (χ4n) is 3.35. The van der Waals surface area contributed by atoms with Crippen molar-refractivity contribution in [1.29, 1.82) is 0 Å². The third kappa shape index (κ3) is 4.70. The van der Waals surface area contributed by atoms with E-state index in [2.05, 4.69) is 70.3 Å². The fourth-order valence-corrected chi connectivity index (χ4v) is 3.35. The summed E-state index contributed by atoms with van der Waals surface area (Å²) in [5.74, 6) is 0.145. The van der Waals surface area contributed by atoms with Gasteiger partial charge in [-0.05, 0) is 54.6 Å². The van der Waals surface area contributed by atoms with Crippen LogP contribution in [0.1, 0.15) is 11.1 Å². The van der Waals surface area contributed by atoms with Crippen LogP contribution in [-0.2, 0) is 4.79 Å². The number of Topliss-reactive ketones (excluding diaryl/α,β-unsaturated/α-hetero) is 1. The van der Waals surface area contributed by atoms with Crippen molar-refractivity contribution in [2.24, 2.45) is 0 Å². The molecule has 1 aliphatic heterocycles. The van der Waals surface area contributed by atoms with E-state index in [9.17, 15) is 4.79 Å². The zero-order valence-electron chi connectivity index (χ0n) is 17.4. The lowest BCUT2D eigenvalue weighted by atomic mass is 9.94. The first-order valence-corrected chi connectivity index (χ1v) is 9.52. The Hall–Kier alpha value is -2.85. The van der Waals surface area contributed by atoms with Crippen LogP contribution in [0.3, 0.4) is 0 Å². The van der Waals surface area contributed by atoms with Crippen LogP contribution in [0.25, 0.3) is 12.2 Å². The van der Waals surface area contributed by atoms with Crippen LogP contribution >= 0.6 is 0 Å². The van der Waals surface area contributed by atoms with Crippen molar-refractivity contribution in [3.8, 4) is 0 Å². The minimum atomic E-state index is 0.145. The lowest BCUT2D eigenvalue weighted by molar-refractivity contribution is -0.113. The molecule has 1 saturated heterocycles. The number of benzene rings is 2. The monoisotopic (exact) mass is 375 g/mol. The summed E-state index contributed by atoms with van der Waals surface area (Å²) in [7, 11) is 10.1. The van der Waals surface area contributed by atoms with E-state index in [4.69, 9.17) is 0 Å². The maximum absolute atomic E-state index is 13.1. The SMILES string of the molecule is CN1C/C(=C/c2ccc(N(C)C)cc2)C(=O)/C(=C/c2ccc(N(C)C)cc2)C1. The Kier molecular flexibility index (Phi) is 6.00. The highest BCUT2D eigenvalue weighted by molar-refractivity contribution is 6.14. The summed E-state index contributed by atoms with van der Waals surface area (Å²) in [5.41, 5.74) is 6.08. The number of likely N-dealkylation sites (tertiary alicyclic amines) is 1. The molecule has 28 heavy (non-hydrogen) atoms. The van der Waals surface area contributed by atoms with Crippen LogP contribution < -0.4 is 9.80 Å². The predicted molar refractivity (Wildman–Crippen MR) is 120 cm³/mol. The van der Waals surface area contributed by atoms with Gasteiger partial charge in [-0.3, -0.25) is 9.69 Å². The molecule has 2 aromatic rings. The average Bonchev–Trinajstić information content (AvgIpc) is 2.66. The molecule has 2 aromatic carbocycles. The third-order valence-electron chi connectivity index (χ3n) is 4.96. The molecule has 0 aromatic heterocycles. The molecule has 0 amide bonds. The molecular weight excluding hydrogens is 346 g/mol. The van der Waals surface area contributed by atoms with Crippen LogP contribution in [-0.4, -0.2) is 59.0 Å². The van der Waals surface area contributed by atoms with Gasteiger partial charge in [0, 0.05) is 63.8 Å². The molecule has 1 heterocycles. The van der Waals surface area contributed by atoms with Crippen molar-refractivity contribution in [1.82, 2.24) is 4.90 Å². The van der Waals surface area contributed by atoms with Crippen molar-refractivity contribution in [3.63, 3.8) is 0 Å². The van der Waals surface area contributed by atoms with Crippen LogP contribution in [0, 0.1) is 0 Å². The first-order chi connectivity index (χ1) is 13.3. The second-order valence-corrected chi connectivity index (χ2v) is 7.81. The molecule has 0 saturated carbocycles. The summed E-state index contributed by atoms with van der Waals surface area (Å²) in [6.07, 6.45) is 4.03. The Labute approximate surface area is 168 Å². The van der Waals surface area contributed by atoms with E-state index < -0.39 is 0 Å². The van der Waals surface area contributed by atoms with Gasteiger partial charge in [0.2, 0.25) is 0 Å². The highest BCUT2D eigenvalue weighted by atomic mass is 16.1. The number of carbonyl (C=O) groups excluding carboxylic acids is 1. The van der Waals surface area contributed by atoms with Gasteiger partial charge in [-0.2, -0.15) is 0 Å². The van der Waals surface area contributed by atoms with Gasteiger partial charge in [-0.1, -0.05) is 24.3 Å². The fraction of sp³-hybridized carbons (Fsp3) is 0.292. The molecule has 1 aliphatic rings. The molecule has 3 rings (SSSR count). The lowest BCUT2D eigenvalue weighted by Crippen LogP contribution is -2.34. The summed E-state index contributed by atoms with van der Waals surface area (Å²) in [4.78, 5) is 19.4. The molecule has 0 aliphatic carbocycles. The number of ketones is 1. The number of nitrogens with zero attached hydrogens (tertiary/aromatic N) is 3. The van der Waals surface area contributed by atoms with E-state index in [1.54, 1.807) is 0 Å². The highest BCUT2D eigenvalue weighted by Gasteiger charge is 2.23. The molecule has 146 valence electrons. The number of piperidine rings is 1. The molecule has 4 heteroatoms. The Morgan fingerprint density at radius 2 is 1.07 bits per heavy atom. The van der Waals surface area contributed by atoms with Gasteiger partial charge in [0.05, 0.1) is 0 Å². The Morgan fingerprint density at radius 1 is 0.714 bits per heavy atom. The number of likely N-dealkylation sites (N-methyl/N-ethyl adjacent to an activating group) is 1. The molecule has 0 radical (unpaired) electrons. The van der Waals surface area contributed by atoms with Crippen LogP contribution in [0.5, 0.6) is 0 Å². The summed E-state index contributed by atoms with van der Waals surface area (Å²) in [6.45, 7) is 1.34. The van der Waals surface area contributed by atoms with Gasteiger partial charge < -0.3 is 9.80 Å². The standard InChI is InChI=1S/C24H29N3O/c1-25(2)22-10-6-18(7-11-22)14-20-16-27(5)17-21(24(20)28)15-19-8-12-23(13-9-19)26(3)4/h6-15H,16-17H2,1-5H3/b20-14-,21-15+. The van der Waals surface area contributed by atoms with E-state index in [1.165, 1.54) is 0 Å². The average molecular weight is 376 g/mol. The quantitative estimate of drug-likeness (QED) is 0.760. The largest absolute Gasteiger partial charge is 0.378 e. The second-order valence-electron chi connectivity index (χ2n) is 7.81. The van der Waals surface area contributed by atoms with Crippen LogP contribution in [0.2, 0.25) is 0 Å². The number of anilines is 2. The van der Waals surface area contributed by atoms with E-state index >= 15 is 0 Å². The Morgan fingerprint density at radius 3 is 1.39 bits per heavy atom. The molecule has 4 nitrogen and oxygen atoms in total. The summed E-state index contributed by atoms with van der Waals surface area (Å²) >= 11 is 0. The van der Waals surface area contributed by atoms with Gasteiger partial charge in [0.15, 0.2) is 5.78 Å². The van der Waals surface area contributed by atoms with E-state index in [0.29, 0.717) is 13.1 Å². The molecule has 0 spiro atoms. The maximum atomic E-state index is 13.1. The van der Waals surface area contributed by atoms with Gasteiger partial charge >= 0.3 is 0 Å². The zero-order valence-corrected chi connectivity index (χ0v) is 17.4. The summed E-state index contributed by atoms with van der Waals surface area (Å²) in [5, 5.41) is 0. The minimum absolute atomic E-state index is 0.145. The topological polar surface area (TPSA) is 26.8 Å². The van der Waals surface area contributed by atoms with Crippen molar-refractivity contribution < 1.29 is 4.79 Å². The van der Waals surface area contributed by atoms with Crippen molar-refractivity contribution in [3.05, 3.63) is 70.8 Å². The molecular formula is C24H29N3O. The Bertz CT molecular complexity index is 817. The zero-order chi connectivity index (χ0) is 20.3. The van der Waals surface area contributed by atoms with Crippen LogP contribution in [0.4, 0.5) is 11.4 Å². The van der Waals surface area contributed by atoms with Crippen molar-refractivity contribution in [2.45, 2.75) is 0 Å². The molecule has 0 atom stereocenters. The highest BCUT2D eigenvalue weighted by Crippen LogP contribution is 2.23. The third-order valence-corrected chi connectivity index (χ3v) is 4.96. The molecule has 0 unspecified atom stereocenters. The first kappa shape index (κ1) is 19.9. The van der Waals surface area contributed by atoms with Gasteiger partial charge in [0.25, 0.3) is 0 Å². The van der Waals surface area contributed by atoms with E-state index in [1.807, 2.05) is 40.3 Å². The summed E-state index contributed by atoms with van der Waals surface area (Å²) in [6, 6.07) is 16.6. The molecule has 0 bridgehead atoms. The smallest absolute Gasteiger partial charge is 0.187 e. The normalized spacial score (nSPS) is 18.0. The van der Waals surface area contributed by atoms with Gasteiger partial charge in [-0.25, -0.2) is 0 Å². The number of rotatable bonds is 4. The molecule has 0 N–H and O–H groups in total. The van der Waals surface area contributed by atoms with Crippen molar-refractivity contribution in [2.75, 3.05) is 58.1 Å². The minimum Gasteiger partial charge on any atom is -0.378 e. The summed E-state index contributed by atoms with van der Waals surface area (Å²) < 4.78 is 0. The maximum Gasteiger partial charge on any atom is 0.187 e. The second kappa shape index (κ2) is 8.44. The van der Waals surface area contributed by atoms with Crippen LogP contribution in [0.15, 0.2) is 59.7 Å². The first-order valence-electron chi connectivity index (χ1n) is 9.52. The van der Waals surface area contributed by atoms with E-state index in [-0.39, 0.29) is 5.78 Å². The van der Waals surface area contributed by atoms with E-state index in [0.717, 1.165) is 33.6 Å². The number of hydrogen-bond acceptors (Lipinski definition) is 4. The molecule has 1 fully saturated rings. The van der Waals surface area contributed by atoms with Gasteiger partial charge in [-0.15, -0.1) is 0 Å². The number of hydrogen-bond donors (Lipinski definition) is 0. The number of carbonyl (C=O) groups is 1. The lowest BCUT2D eigenvalue weighted by Gasteiger charge is -2.26. The van der Waals surface area contributed by atoms with Crippen molar-refractivity contribution >= 4 is 29.3 Å².